The van der Waals surface area contributed by atoms with Gasteiger partial charge < -0.3 is 9.15 Å². The molecule has 0 radical (unpaired) electrons. The summed E-state index contributed by atoms with van der Waals surface area (Å²) < 4.78 is 35.0. The average Bonchev–Trinajstić information content (AvgIpc) is 2.99. The number of benzene rings is 2. The number of rotatable bonds is 6. The zero-order chi connectivity index (χ0) is 19.6. The Morgan fingerprint density at radius 3 is 2.52 bits per heavy atom. The van der Waals surface area contributed by atoms with Gasteiger partial charge in [-0.2, -0.15) is 0 Å². The Hall–Kier alpha value is -3.11. The van der Waals surface area contributed by atoms with Crippen LogP contribution in [0.1, 0.15) is 24.2 Å². The predicted octanol–water partition coefficient (Wildman–Crippen LogP) is 1.53. The summed E-state index contributed by atoms with van der Waals surface area (Å²) in [7, 11) is -4.05. The number of sulfonamides is 1. The fourth-order valence-electron chi connectivity index (χ4n) is 2.29. The molecule has 0 atom stereocenters. The van der Waals surface area contributed by atoms with Gasteiger partial charge in [0.15, 0.2) is 5.58 Å². The van der Waals surface area contributed by atoms with Crippen LogP contribution in [-0.2, 0) is 10.0 Å². The molecule has 3 rings (SSSR count). The van der Waals surface area contributed by atoms with Crippen molar-refractivity contribution in [1.29, 1.82) is 0 Å². The van der Waals surface area contributed by atoms with Crippen molar-refractivity contribution in [2.45, 2.75) is 24.8 Å². The number of hydrazine groups is 1. The number of fused-ring (bicyclic) bond motifs is 1. The zero-order valence-electron chi connectivity index (χ0n) is 14.5. The second kappa shape index (κ2) is 7.25. The van der Waals surface area contributed by atoms with Gasteiger partial charge in [-0.3, -0.25) is 15.2 Å². The SMILES string of the molecule is CC(C)Oc1ccc(C(=O)NNS(=O)(=O)c2ccc3[nH]c(=O)oc3c2)cc1. The summed E-state index contributed by atoms with van der Waals surface area (Å²) in [5.41, 5.74) is 2.84. The molecule has 9 nitrogen and oxygen atoms in total. The molecule has 0 saturated heterocycles. The summed E-state index contributed by atoms with van der Waals surface area (Å²) in [6.07, 6.45) is -0.00159. The van der Waals surface area contributed by atoms with E-state index in [1.54, 1.807) is 12.1 Å². The smallest absolute Gasteiger partial charge is 0.417 e. The molecule has 0 spiro atoms. The molecule has 0 aliphatic heterocycles. The first-order chi connectivity index (χ1) is 12.7. The Morgan fingerprint density at radius 1 is 1.15 bits per heavy atom. The maximum absolute atomic E-state index is 12.3. The topological polar surface area (TPSA) is 130 Å². The third-order valence-corrected chi connectivity index (χ3v) is 4.74. The summed E-state index contributed by atoms with van der Waals surface area (Å²) in [6, 6.07) is 10.1. The molecule has 0 bridgehead atoms. The van der Waals surface area contributed by atoms with E-state index in [0.717, 1.165) is 0 Å². The van der Waals surface area contributed by atoms with Gasteiger partial charge in [0.25, 0.3) is 15.9 Å². The largest absolute Gasteiger partial charge is 0.491 e. The van der Waals surface area contributed by atoms with E-state index in [0.29, 0.717) is 11.3 Å². The minimum atomic E-state index is -4.05. The van der Waals surface area contributed by atoms with E-state index >= 15 is 0 Å². The van der Waals surface area contributed by atoms with Gasteiger partial charge in [-0.15, -0.1) is 4.83 Å². The molecule has 0 saturated carbocycles. The monoisotopic (exact) mass is 391 g/mol. The maximum Gasteiger partial charge on any atom is 0.417 e. The average molecular weight is 391 g/mol. The third kappa shape index (κ3) is 4.36. The molecular formula is C17H17N3O6S. The molecule has 2 aromatic carbocycles. The molecule has 27 heavy (non-hydrogen) atoms. The van der Waals surface area contributed by atoms with Crippen LogP contribution in [0, 0.1) is 0 Å². The number of hydrogen-bond donors (Lipinski definition) is 3. The van der Waals surface area contributed by atoms with Crippen LogP contribution in [0.2, 0.25) is 0 Å². The number of carbonyl (C=O) groups is 1. The van der Waals surface area contributed by atoms with Gasteiger partial charge >= 0.3 is 5.76 Å². The van der Waals surface area contributed by atoms with Crippen molar-refractivity contribution >= 4 is 27.0 Å². The van der Waals surface area contributed by atoms with Gasteiger partial charge in [0, 0.05) is 11.6 Å². The highest BCUT2D eigenvalue weighted by Gasteiger charge is 2.17. The van der Waals surface area contributed by atoms with E-state index in [9.17, 15) is 18.0 Å². The summed E-state index contributed by atoms with van der Waals surface area (Å²) in [6.45, 7) is 3.76. The van der Waals surface area contributed by atoms with Gasteiger partial charge in [0.05, 0.1) is 16.5 Å². The Labute approximate surface area is 154 Å². The molecule has 3 aromatic rings. The molecule has 10 heteroatoms. The van der Waals surface area contributed by atoms with Gasteiger partial charge in [-0.25, -0.2) is 13.2 Å². The summed E-state index contributed by atoms with van der Waals surface area (Å²) in [4.78, 5) is 27.5. The number of nitrogens with one attached hydrogen (secondary N) is 3. The number of aromatic amines is 1. The van der Waals surface area contributed by atoms with Gasteiger partial charge in [-0.1, -0.05) is 0 Å². The maximum atomic E-state index is 12.3. The Kier molecular flexibility index (Phi) is 5.02. The highest BCUT2D eigenvalue weighted by atomic mass is 32.2. The molecule has 0 fully saturated rings. The molecule has 1 heterocycles. The van der Waals surface area contributed by atoms with Crippen LogP contribution < -0.4 is 20.7 Å². The Morgan fingerprint density at radius 2 is 1.85 bits per heavy atom. The van der Waals surface area contributed by atoms with E-state index in [-0.39, 0.29) is 22.1 Å². The standard InChI is InChI=1S/C17H17N3O6S/c1-10(2)25-12-5-3-11(4-6-12)16(21)19-20-27(23,24)13-7-8-14-15(9-13)26-17(22)18-14/h3-10,20H,1-2H3,(H,18,22)(H,19,21). The van der Waals surface area contributed by atoms with Crippen molar-refractivity contribution in [3.8, 4) is 5.75 Å². The van der Waals surface area contributed by atoms with Crippen LogP contribution in [0.4, 0.5) is 0 Å². The lowest BCUT2D eigenvalue weighted by Gasteiger charge is -2.11. The fourth-order valence-corrected chi connectivity index (χ4v) is 3.15. The van der Waals surface area contributed by atoms with Crippen molar-refractivity contribution in [1.82, 2.24) is 15.2 Å². The minimum Gasteiger partial charge on any atom is -0.491 e. The first kappa shape index (κ1) is 18.7. The van der Waals surface area contributed by atoms with Crippen molar-refractivity contribution in [2.24, 2.45) is 0 Å². The Balaban J connectivity index is 1.70. The van der Waals surface area contributed by atoms with Crippen LogP contribution in [0.25, 0.3) is 11.1 Å². The number of aromatic nitrogens is 1. The van der Waals surface area contributed by atoms with E-state index in [2.05, 4.69) is 10.4 Å². The molecule has 1 amide bonds. The van der Waals surface area contributed by atoms with Crippen molar-refractivity contribution in [2.75, 3.05) is 0 Å². The van der Waals surface area contributed by atoms with E-state index < -0.39 is 21.7 Å². The summed E-state index contributed by atoms with van der Waals surface area (Å²) in [5, 5.41) is 0. The van der Waals surface area contributed by atoms with Crippen LogP contribution >= 0.6 is 0 Å². The normalized spacial score (nSPS) is 11.7. The number of ether oxygens (including phenoxy) is 1. The second-order valence-electron chi connectivity index (χ2n) is 5.92. The summed E-state index contributed by atoms with van der Waals surface area (Å²) in [5.74, 6) is -0.724. The van der Waals surface area contributed by atoms with E-state index in [4.69, 9.17) is 9.15 Å². The zero-order valence-corrected chi connectivity index (χ0v) is 15.3. The van der Waals surface area contributed by atoms with E-state index in [1.807, 2.05) is 18.7 Å². The van der Waals surface area contributed by atoms with E-state index in [1.165, 1.54) is 30.3 Å². The molecule has 0 unspecified atom stereocenters. The predicted molar refractivity (Wildman–Crippen MR) is 96.8 cm³/mol. The van der Waals surface area contributed by atoms with Gasteiger partial charge in [0.1, 0.15) is 5.75 Å². The number of amides is 1. The highest BCUT2D eigenvalue weighted by Crippen LogP contribution is 2.16. The molecule has 142 valence electrons. The van der Waals surface area contributed by atoms with Crippen molar-refractivity contribution in [3.05, 3.63) is 58.6 Å². The number of carbonyl (C=O) groups excluding carboxylic acids is 1. The van der Waals surface area contributed by atoms with Gasteiger partial charge in [-0.05, 0) is 50.2 Å². The quantitative estimate of drug-likeness (QED) is 0.546. The molecule has 3 N–H and O–H groups in total. The number of oxazole rings is 1. The van der Waals surface area contributed by atoms with Crippen LogP contribution in [-0.4, -0.2) is 25.4 Å². The Bertz CT molecular complexity index is 1130. The lowest BCUT2D eigenvalue weighted by Crippen LogP contribution is -2.41. The third-order valence-electron chi connectivity index (χ3n) is 3.49. The second-order valence-corrected chi connectivity index (χ2v) is 7.61. The molecular weight excluding hydrogens is 374 g/mol. The number of hydrogen-bond acceptors (Lipinski definition) is 6. The molecule has 0 aliphatic carbocycles. The first-order valence-corrected chi connectivity index (χ1v) is 9.45. The molecule has 1 aromatic heterocycles. The first-order valence-electron chi connectivity index (χ1n) is 7.96. The lowest BCUT2D eigenvalue weighted by molar-refractivity contribution is 0.0945. The minimum absolute atomic E-state index is 0.00159. The number of H-pyrrole nitrogens is 1. The van der Waals surface area contributed by atoms with Crippen LogP contribution in [0.3, 0.4) is 0 Å². The molecule has 0 aliphatic rings. The van der Waals surface area contributed by atoms with Gasteiger partial charge in [0.2, 0.25) is 0 Å². The highest BCUT2D eigenvalue weighted by molar-refractivity contribution is 7.89. The summed E-state index contributed by atoms with van der Waals surface area (Å²) >= 11 is 0. The fraction of sp³-hybridized carbons (Fsp3) is 0.176. The lowest BCUT2D eigenvalue weighted by atomic mass is 10.2. The van der Waals surface area contributed by atoms with Crippen LogP contribution in [0.15, 0.2) is 56.6 Å². The van der Waals surface area contributed by atoms with Crippen LogP contribution in [0.5, 0.6) is 5.75 Å². The van der Waals surface area contributed by atoms with Crippen molar-refractivity contribution in [3.63, 3.8) is 0 Å². The van der Waals surface area contributed by atoms with Crippen molar-refractivity contribution < 1.29 is 22.4 Å².